The highest BCUT2D eigenvalue weighted by Crippen LogP contribution is 2.40. The highest BCUT2D eigenvalue weighted by molar-refractivity contribution is 7.92. The molecule has 0 radical (unpaired) electrons. The minimum absolute atomic E-state index is 0.0973. The van der Waals surface area contributed by atoms with E-state index in [1.807, 2.05) is 19.1 Å². The van der Waals surface area contributed by atoms with Crippen molar-refractivity contribution in [2.75, 3.05) is 5.75 Å². The van der Waals surface area contributed by atoms with Crippen LogP contribution in [0.3, 0.4) is 0 Å². The van der Waals surface area contributed by atoms with E-state index in [2.05, 4.69) is 13.0 Å². The second kappa shape index (κ2) is 8.21. The van der Waals surface area contributed by atoms with Gasteiger partial charge >= 0.3 is 7.12 Å². The molecule has 1 saturated heterocycles. The lowest BCUT2D eigenvalue weighted by Gasteiger charge is -2.32. The van der Waals surface area contributed by atoms with E-state index in [0.717, 1.165) is 29.6 Å². The molecule has 0 saturated carbocycles. The molecule has 2 N–H and O–H groups in total. The zero-order chi connectivity index (χ0) is 19.6. The maximum Gasteiger partial charge on any atom is 0.456 e. The molecule has 0 aliphatic carbocycles. The maximum absolute atomic E-state index is 12.5. The van der Waals surface area contributed by atoms with Crippen LogP contribution in [0.25, 0.3) is 6.08 Å². The standard InChI is InChI=1S/C20H27BO5S/c1-3-14(11-15-5-8-17(22)9-6-15)7-10-18-20-16(4-2)13-27(24,25)19(20)12-21(23)26-18/h5-6,8-9,11,18-19,22-23H,3-4,7,10,12-13H2,1-2H3/b14-11+/t18-,19+/m1/s1. The third-order valence-corrected chi connectivity index (χ3v) is 7.58. The van der Waals surface area contributed by atoms with Crippen LogP contribution >= 0.6 is 0 Å². The minimum atomic E-state index is -3.22. The van der Waals surface area contributed by atoms with E-state index in [4.69, 9.17) is 4.65 Å². The van der Waals surface area contributed by atoms with Crippen LogP contribution in [0, 0.1) is 0 Å². The Morgan fingerprint density at radius 1 is 1.30 bits per heavy atom. The Hall–Kier alpha value is -1.57. The van der Waals surface area contributed by atoms with Crippen molar-refractivity contribution in [2.24, 2.45) is 0 Å². The van der Waals surface area contributed by atoms with Gasteiger partial charge in [0.15, 0.2) is 9.84 Å². The van der Waals surface area contributed by atoms with Crippen molar-refractivity contribution in [3.63, 3.8) is 0 Å². The molecule has 1 fully saturated rings. The first-order valence-corrected chi connectivity index (χ1v) is 11.3. The maximum atomic E-state index is 12.5. The quantitative estimate of drug-likeness (QED) is 0.575. The Morgan fingerprint density at radius 2 is 2.00 bits per heavy atom. The first-order valence-electron chi connectivity index (χ1n) is 9.59. The van der Waals surface area contributed by atoms with Crippen molar-refractivity contribution in [1.82, 2.24) is 0 Å². The van der Waals surface area contributed by atoms with Crippen molar-refractivity contribution in [3.8, 4) is 5.75 Å². The molecule has 1 aromatic rings. The molecule has 5 nitrogen and oxygen atoms in total. The first-order chi connectivity index (χ1) is 12.8. The van der Waals surface area contributed by atoms with E-state index >= 15 is 0 Å². The summed E-state index contributed by atoms with van der Waals surface area (Å²) < 4.78 is 30.7. The molecule has 0 spiro atoms. The predicted molar refractivity (Wildman–Crippen MR) is 108 cm³/mol. The average molecular weight is 390 g/mol. The van der Waals surface area contributed by atoms with Gasteiger partial charge in [-0.2, -0.15) is 0 Å². The average Bonchev–Trinajstić information content (AvgIpc) is 2.90. The molecule has 0 unspecified atom stereocenters. The number of allylic oxidation sites excluding steroid dienone is 1. The van der Waals surface area contributed by atoms with Gasteiger partial charge in [-0.05, 0) is 49.0 Å². The summed E-state index contributed by atoms with van der Waals surface area (Å²) in [6.07, 6.45) is 4.88. The van der Waals surface area contributed by atoms with Gasteiger partial charge in [0.1, 0.15) is 5.75 Å². The molecule has 27 heavy (non-hydrogen) atoms. The van der Waals surface area contributed by atoms with Gasteiger partial charge in [-0.1, -0.05) is 43.2 Å². The Balaban J connectivity index is 1.78. The van der Waals surface area contributed by atoms with Gasteiger partial charge in [0.2, 0.25) is 0 Å². The van der Waals surface area contributed by atoms with Crippen molar-refractivity contribution in [3.05, 3.63) is 46.5 Å². The fraction of sp³-hybridized carbons (Fsp3) is 0.500. The number of hydrogen-bond acceptors (Lipinski definition) is 5. The second-order valence-electron chi connectivity index (χ2n) is 7.31. The Labute approximate surface area is 161 Å². The van der Waals surface area contributed by atoms with Crippen molar-refractivity contribution in [1.29, 1.82) is 0 Å². The van der Waals surface area contributed by atoms with Crippen LogP contribution in [0.1, 0.15) is 45.1 Å². The number of benzene rings is 1. The van der Waals surface area contributed by atoms with Crippen LogP contribution in [0.15, 0.2) is 41.0 Å². The van der Waals surface area contributed by atoms with Gasteiger partial charge < -0.3 is 14.8 Å². The number of hydrogen-bond donors (Lipinski definition) is 2. The normalized spacial score (nSPS) is 25.0. The Bertz CT molecular complexity index is 842. The SMILES string of the molecule is CCC1=C2[C@@H](CC/C(=C/c3ccc(O)cc3)CC)OB(O)C[C@@H]2S(=O)(=O)C1. The molecule has 1 aromatic carbocycles. The fourth-order valence-electron chi connectivity index (χ4n) is 4.06. The highest BCUT2D eigenvalue weighted by atomic mass is 32.2. The summed E-state index contributed by atoms with van der Waals surface area (Å²) in [7, 11) is -4.25. The largest absolute Gasteiger partial charge is 0.508 e. The predicted octanol–water partition coefficient (Wildman–Crippen LogP) is 3.35. The molecule has 2 aliphatic heterocycles. The fourth-order valence-corrected chi connectivity index (χ4v) is 6.28. The number of phenols is 1. The van der Waals surface area contributed by atoms with Crippen molar-refractivity contribution in [2.45, 2.75) is 57.2 Å². The monoisotopic (exact) mass is 390 g/mol. The van der Waals surface area contributed by atoms with Gasteiger partial charge in [0, 0.05) is 6.32 Å². The molecular formula is C20H27BO5S. The van der Waals surface area contributed by atoms with Gasteiger partial charge in [-0.3, -0.25) is 0 Å². The Morgan fingerprint density at radius 3 is 2.63 bits per heavy atom. The number of fused-ring (bicyclic) bond motifs is 1. The van der Waals surface area contributed by atoms with Gasteiger partial charge in [-0.25, -0.2) is 8.42 Å². The van der Waals surface area contributed by atoms with Crippen LogP contribution in [-0.4, -0.2) is 42.8 Å². The lowest BCUT2D eigenvalue weighted by molar-refractivity contribution is 0.169. The smallest absolute Gasteiger partial charge is 0.456 e. The zero-order valence-corrected chi connectivity index (χ0v) is 16.7. The summed E-state index contributed by atoms with van der Waals surface area (Å²) >= 11 is 0. The number of rotatable bonds is 6. The molecule has 2 heterocycles. The van der Waals surface area contributed by atoms with E-state index in [0.29, 0.717) is 12.8 Å². The van der Waals surface area contributed by atoms with E-state index in [9.17, 15) is 18.5 Å². The van der Waals surface area contributed by atoms with E-state index in [-0.39, 0.29) is 23.9 Å². The third-order valence-electron chi connectivity index (χ3n) is 5.52. The summed E-state index contributed by atoms with van der Waals surface area (Å²) in [6, 6.07) is 7.05. The third kappa shape index (κ3) is 4.47. The van der Waals surface area contributed by atoms with Crippen LogP contribution < -0.4 is 0 Å². The number of sulfone groups is 1. The first kappa shape index (κ1) is 20.2. The molecule has 2 atom stereocenters. The zero-order valence-electron chi connectivity index (χ0n) is 15.9. The topological polar surface area (TPSA) is 83.8 Å². The summed E-state index contributed by atoms with van der Waals surface area (Å²) in [4.78, 5) is 0. The van der Waals surface area contributed by atoms with Gasteiger partial charge in [0.25, 0.3) is 0 Å². The molecule has 0 amide bonds. The molecule has 2 aliphatic rings. The van der Waals surface area contributed by atoms with Crippen molar-refractivity contribution >= 4 is 23.0 Å². The number of aromatic hydroxyl groups is 1. The summed E-state index contributed by atoms with van der Waals surface area (Å²) in [5.74, 6) is 0.336. The number of phenolic OH excluding ortho intramolecular Hbond substituents is 1. The lowest BCUT2D eigenvalue weighted by Crippen LogP contribution is -2.41. The van der Waals surface area contributed by atoms with Crippen LogP contribution in [-0.2, 0) is 14.5 Å². The molecule has 146 valence electrons. The van der Waals surface area contributed by atoms with Gasteiger partial charge in [-0.15, -0.1) is 0 Å². The van der Waals surface area contributed by atoms with E-state index < -0.39 is 22.2 Å². The molecule has 0 aromatic heterocycles. The van der Waals surface area contributed by atoms with Crippen molar-refractivity contribution < 1.29 is 23.2 Å². The molecule has 3 rings (SSSR count). The molecule has 0 bridgehead atoms. The van der Waals surface area contributed by atoms with Gasteiger partial charge in [0.05, 0.1) is 17.1 Å². The summed E-state index contributed by atoms with van der Waals surface area (Å²) in [5, 5.41) is 18.9. The van der Waals surface area contributed by atoms with E-state index in [1.165, 1.54) is 5.57 Å². The lowest BCUT2D eigenvalue weighted by atomic mass is 9.74. The Kier molecular flexibility index (Phi) is 6.13. The molecular weight excluding hydrogens is 363 g/mol. The molecule has 7 heteroatoms. The van der Waals surface area contributed by atoms with Crippen LogP contribution in [0.5, 0.6) is 5.75 Å². The van der Waals surface area contributed by atoms with Crippen LogP contribution in [0.2, 0.25) is 6.32 Å². The summed E-state index contributed by atoms with van der Waals surface area (Å²) in [6.45, 7) is 4.06. The summed E-state index contributed by atoms with van der Waals surface area (Å²) in [5.41, 5.74) is 4.09. The second-order valence-corrected chi connectivity index (χ2v) is 9.49. The minimum Gasteiger partial charge on any atom is -0.508 e. The highest BCUT2D eigenvalue weighted by Gasteiger charge is 2.47. The van der Waals surface area contributed by atoms with E-state index in [1.54, 1.807) is 12.1 Å². The van der Waals surface area contributed by atoms with Crippen LogP contribution in [0.4, 0.5) is 0 Å².